The fraction of sp³-hybridized carbons (Fsp3) is 0.188. The zero-order valence-corrected chi connectivity index (χ0v) is 12.7. The van der Waals surface area contributed by atoms with Crippen molar-refractivity contribution in [3.63, 3.8) is 0 Å². The first-order valence-corrected chi connectivity index (χ1v) is 7.22. The molecule has 0 aliphatic heterocycles. The third kappa shape index (κ3) is 2.90. The van der Waals surface area contributed by atoms with E-state index in [9.17, 15) is 18.8 Å². The number of imidazole rings is 1. The average Bonchev–Trinajstić information content (AvgIpc) is 2.94. The summed E-state index contributed by atoms with van der Waals surface area (Å²) in [6, 6.07) is 8.66. The molecule has 3 rings (SSSR count). The first-order chi connectivity index (χ1) is 11.5. The molecular formula is C16H14F2N4O2. The quantitative estimate of drug-likeness (QED) is 0.589. The maximum Gasteiger partial charge on any atom is 0.320 e. The first kappa shape index (κ1) is 15.9. The summed E-state index contributed by atoms with van der Waals surface area (Å²) in [7, 11) is 0. The average molecular weight is 332 g/mol. The number of benzene rings is 1. The number of aromatic nitrogens is 3. The maximum atomic E-state index is 13.4. The molecule has 0 spiro atoms. The number of carbonyl (C=O) groups excluding carboxylic acids is 1. The largest absolute Gasteiger partial charge is 0.619 e. The first-order valence-electron chi connectivity index (χ1n) is 7.22. The van der Waals surface area contributed by atoms with Crippen molar-refractivity contribution >= 4 is 16.9 Å². The molecule has 0 radical (unpaired) electrons. The fourth-order valence-corrected chi connectivity index (χ4v) is 2.51. The lowest BCUT2D eigenvalue weighted by Crippen LogP contribution is -2.32. The van der Waals surface area contributed by atoms with Crippen LogP contribution in [0.5, 0.6) is 0 Å². The molecule has 124 valence electrons. The number of carbonyl (C=O) groups is 1. The Morgan fingerprint density at radius 1 is 1.29 bits per heavy atom. The van der Waals surface area contributed by atoms with Crippen molar-refractivity contribution in [1.29, 1.82) is 0 Å². The molecule has 0 saturated heterocycles. The van der Waals surface area contributed by atoms with E-state index >= 15 is 0 Å². The Morgan fingerprint density at radius 2 is 2.04 bits per heavy atom. The van der Waals surface area contributed by atoms with Crippen molar-refractivity contribution in [1.82, 2.24) is 14.9 Å². The Bertz CT molecular complexity index is 895. The van der Waals surface area contributed by atoms with Gasteiger partial charge in [-0.2, -0.15) is 13.5 Å². The van der Waals surface area contributed by atoms with Crippen molar-refractivity contribution in [3.8, 4) is 0 Å². The summed E-state index contributed by atoms with van der Waals surface area (Å²) >= 11 is 0. The van der Waals surface area contributed by atoms with Crippen LogP contribution in [0.2, 0.25) is 0 Å². The highest BCUT2D eigenvalue weighted by atomic mass is 19.3. The number of halogens is 2. The van der Waals surface area contributed by atoms with Gasteiger partial charge in [0.2, 0.25) is 0 Å². The molecule has 1 atom stereocenters. The number of rotatable bonds is 4. The maximum absolute atomic E-state index is 13.4. The second kappa shape index (κ2) is 6.23. The van der Waals surface area contributed by atoms with Gasteiger partial charge < -0.3 is 10.5 Å². The summed E-state index contributed by atoms with van der Waals surface area (Å²) in [6.45, 7) is -1.22. The van der Waals surface area contributed by atoms with Gasteiger partial charge in [-0.05, 0) is 25.1 Å². The van der Waals surface area contributed by atoms with E-state index in [2.05, 4.69) is 10.3 Å². The molecule has 1 aromatic carbocycles. The van der Waals surface area contributed by atoms with E-state index in [-0.39, 0.29) is 11.4 Å². The molecule has 1 unspecified atom stereocenters. The molecular weight excluding hydrogens is 318 g/mol. The van der Waals surface area contributed by atoms with E-state index < -0.39 is 18.5 Å². The normalized spacial score (nSPS) is 12.5. The van der Waals surface area contributed by atoms with Gasteiger partial charge in [0.05, 0.1) is 17.1 Å². The van der Waals surface area contributed by atoms with Gasteiger partial charge in [-0.1, -0.05) is 12.1 Å². The molecule has 1 amide bonds. The van der Waals surface area contributed by atoms with Gasteiger partial charge in [0.15, 0.2) is 12.4 Å². The molecule has 0 aliphatic rings. The van der Waals surface area contributed by atoms with Crippen LogP contribution in [0.3, 0.4) is 0 Å². The topological polar surface area (TPSA) is 73.9 Å². The van der Waals surface area contributed by atoms with Gasteiger partial charge >= 0.3 is 6.55 Å². The highest BCUT2D eigenvalue weighted by Gasteiger charge is 2.23. The zero-order chi connectivity index (χ0) is 17.3. The van der Waals surface area contributed by atoms with Gasteiger partial charge in [-0.15, -0.1) is 0 Å². The number of fused-ring (bicyclic) bond motifs is 1. The van der Waals surface area contributed by atoms with Gasteiger partial charge in [-0.3, -0.25) is 9.36 Å². The summed E-state index contributed by atoms with van der Waals surface area (Å²) in [4.78, 5) is 16.4. The van der Waals surface area contributed by atoms with Crippen molar-refractivity contribution < 1.29 is 18.3 Å². The monoisotopic (exact) mass is 332 g/mol. The lowest BCUT2D eigenvalue weighted by Gasteiger charge is -2.15. The summed E-state index contributed by atoms with van der Waals surface area (Å²) in [6.07, 6.45) is 2.36. The van der Waals surface area contributed by atoms with E-state index in [0.717, 1.165) is 10.8 Å². The van der Waals surface area contributed by atoms with Gasteiger partial charge in [-0.25, -0.2) is 4.98 Å². The van der Waals surface area contributed by atoms with E-state index in [1.807, 2.05) is 0 Å². The molecule has 6 nitrogen and oxygen atoms in total. The van der Waals surface area contributed by atoms with Crippen LogP contribution >= 0.6 is 0 Å². The summed E-state index contributed by atoms with van der Waals surface area (Å²) in [5, 5.41) is 13.8. The van der Waals surface area contributed by atoms with Crippen molar-refractivity contribution in [3.05, 3.63) is 65.4 Å². The lowest BCUT2D eigenvalue weighted by molar-refractivity contribution is -0.605. The predicted molar refractivity (Wildman–Crippen MR) is 82.3 cm³/mol. The highest BCUT2D eigenvalue weighted by Crippen LogP contribution is 2.26. The van der Waals surface area contributed by atoms with Crippen LogP contribution in [-0.2, 0) is 0 Å². The summed E-state index contributed by atoms with van der Waals surface area (Å²) in [5.41, 5.74) is 0.853. The lowest BCUT2D eigenvalue weighted by atomic mass is 10.2. The second-order valence-electron chi connectivity index (χ2n) is 5.25. The number of amides is 1. The van der Waals surface area contributed by atoms with Crippen LogP contribution in [-0.4, -0.2) is 15.5 Å². The Labute approximate surface area is 135 Å². The van der Waals surface area contributed by atoms with Crippen molar-refractivity contribution in [2.75, 3.05) is 0 Å². The van der Waals surface area contributed by atoms with Gasteiger partial charge in [0.1, 0.15) is 11.4 Å². The zero-order valence-electron chi connectivity index (χ0n) is 12.7. The standard InChI is InChI=1S/C16H14F2N4O2/c1-10(19-15(23)11-5-4-8-21(24)9-11)14-20-12-6-2-3-7-13(12)22(14)16(17)18/h2-10,16H,1H3,(H,19,23). The van der Waals surface area contributed by atoms with E-state index in [4.69, 9.17) is 0 Å². The minimum atomic E-state index is -2.78. The van der Waals surface area contributed by atoms with Crippen LogP contribution in [0.15, 0.2) is 48.8 Å². The molecule has 3 aromatic rings. The molecule has 0 bridgehead atoms. The Balaban J connectivity index is 1.92. The van der Waals surface area contributed by atoms with E-state index in [1.54, 1.807) is 31.2 Å². The highest BCUT2D eigenvalue weighted by molar-refractivity contribution is 5.93. The van der Waals surface area contributed by atoms with Crippen molar-refractivity contribution in [2.45, 2.75) is 19.5 Å². The number of nitrogens with zero attached hydrogens (tertiary/aromatic N) is 3. The summed E-state index contributed by atoms with van der Waals surface area (Å²) < 4.78 is 28.1. The molecule has 0 aliphatic carbocycles. The summed E-state index contributed by atoms with van der Waals surface area (Å²) in [5.74, 6) is -0.494. The fourth-order valence-electron chi connectivity index (χ4n) is 2.51. The van der Waals surface area contributed by atoms with Gasteiger partial charge in [0.25, 0.3) is 5.91 Å². The van der Waals surface area contributed by atoms with Gasteiger partial charge in [0, 0.05) is 6.07 Å². The van der Waals surface area contributed by atoms with Crippen LogP contribution in [0.1, 0.15) is 35.7 Å². The third-order valence-corrected chi connectivity index (χ3v) is 3.59. The Morgan fingerprint density at radius 3 is 2.75 bits per heavy atom. The smallest absolute Gasteiger partial charge is 0.320 e. The second-order valence-corrected chi connectivity index (χ2v) is 5.25. The van der Waals surface area contributed by atoms with Crippen LogP contribution < -0.4 is 10.0 Å². The molecule has 1 N–H and O–H groups in total. The van der Waals surface area contributed by atoms with E-state index in [1.165, 1.54) is 18.3 Å². The van der Waals surface area contributed by atoms with Crippen LogP contribution in [0.4, 0.5) is 8.78 Å². The molecule has 8 heteroatoms. The molecule has 2 aromatic heterocycles. The minimum absolute atomic E-state index is 0.0467. The molecule has 2 heterocycles. The van der Waals surface area contributed by atoms with Crippen LogP contribution in [0, 0.1) is 5.21 Å². The third-order valence-electron chi connectivity index (χ3n) is 3.59. The Hall–Kier alpha value is -3.03. The number of nitrogens with one attached hydrogen (secondary N) is 1. The number of hydrogen-bond acceptors (Lipinski definition) is 3. The number of hydrogen-bond donors (Lipinski definition) is 1. The SMILES string of the molecule is CC(NC(=O)c1ccc[n+]([O-])c1)c1nc2ccccc2n1C(F)F. The molecule has 24 heavy (non-hydrogen) atoms. The molecule has 0 fully saturated rings. The van der Waals surface area contributed by atoms with Crippen molar-refractivity contribution in [2.24, 2.45) is 0 Å². The number of para-hydroxylation sites is 2. The number of alkyl halides is 2. The molecule has 0 saturated carbocycles. The minimum Gasteiger partial charge on any atom is -0.619 e. The Kier molecular flexibility index (Phi) is 4.11. The van der Waals surface area contributed by atoms with E-state index in [0.29, 0.717) is 15.8 Å². The van der Waals surface area contributed by atoms with Crippen LogP contribution in [0.25, 0.3) is 11.0 Å². The predicted octanol–water partition coefficient (Wildman–Crippen LogP) is 2.56. The number of pyridine rings is 1.